The largest absolute Gasteiger partial charge is 0.354 e. The van der Waals surface area contributed by atoms with Crippen LogP contribution in [0.5, 0.6) is 0 Å². The molecule has 20 heavy (non-hydrogen) atoms. The normalized spacial score (nSPS) is 12.5. The number of anilines is 1. The van der Waals surface area contributed by atoms with E-state index in [9.17, 15) is 0 Å². The quantitative estimate of drug-likeness (QED) is 0.732. The molecular weight excluding hydrogens is 246 g/mol. The van der Waals surface area contributed by atoms with E-state index < -0.39 is 0 Å². The lowest BCUT2D eigenvalue weighted by molar-refractivity contribution is 0.611. The third kappa shape index (κ3) is 4.20. The number of hydrogen-bond acceptors (Lipinski definition) is 3. The van der Waals surface area contributed by atoms with Gasteiger partial charge in [0, 0.05) is 30.4 Å². The summed E-state index contributed by atoms with van der Waals surface area (Å²) in [5.74, 6) is 1.17. The molecule has 0 aliphatic carbocycles. The molecule has 0 saturated carbocycles. The number of aromatic nitrogens is 1. The van der Waals surface area contributed by atoms with Gasteiger partial charge in [0.25, 0.3) is 0 Å². The second-order valence-electron chi connectivity index (χ2n) is 5.60. The van der Waals surface area contributed by atoms with E-state index in [0.717, 1.165) is 38.2 Å². The standard InChI is InChI=1S/C17H31N3/c1-7-10-18-12-16-13(4)11-14(5)19-17(16)20(9-3)15(6)8-2/h11,15,18H,7-10,12H2,1-6H3. The third-order valence-electron chi connectivity index (χ3n) is 3.92. The summed E-state index contributed by atoms with van der Waals surface area (Å²) in [6.07, 6.45) is 2.31. The molecule has 1 heterocycles. The number of nitrogens with one attached hydrogen (secondary N) is 1. The molecule has 0 aromatic carbocycles. The van der Waals surface area contributed by atoms with E-state index in [1.807, 2.05) is 0 Å². The summed E-state index contributed by atoms with van der Waals surface area (Å²) >= 11 is 0. The van der Waals surface area contributed by atoms with Crippen molar-refractivity contribution >= 4 is 5.82 Å². The van der Waals surface area contributed by atoms with E-state index in [2.05, 4.69) is 57.8 Å². The summed E-state index contributed by atoms with van der Waals surface area (Å²) in [7, 11) is 0. The first kappa shape index (κ1) is 17.0. The summed E-state index contributed by atoms with van der Waals surface area (Å²) in [4.78, 5) is 7.27. The highest BCUT2D eigenvalue weighted by atomic mass is 15.2. The van der Waals surface area contributed by atoms with E-state index >= 15 is 0 Å². The Balaban J connectivity index is 3.13. The molecule has 0 radical (unpaired) electrons. The van der Waals surface area contributed by atoms with Crippen LogP contribution in [0.1, 0.15) is 57.4 Å². The Bertz CT molecular complexity index is 415. The van der Waals surface area contributed by atoms with Gasteiger partial charge in [-0.2, -0.15) is 0 Å². The maximum Gasteiger partial charge on any atom is 0.133 e. The maximum absolute atomic E-state index is 4.84. The average molecular weight is 277 g/mol. The molecule has 0 spiro atoms. The molecule has 3 nitrogen and oxygen atoms in total. The number of aryl methyl sites for hydroxylation is 2. The molecule has 0 aliphatic heterocycles. The van der Waals surface area contributed by atoms with E-state index in [1.54, 1.807) is 0 Å². The Morgan fingerprint density at radius 3 is 2.50 bits per heavy atom. The molecule has 114 valence electrons. The molecule has 0 fully saturated rings. The van der Waals surface area contributed by atoms with Crippen LogP contribution in [0.4, 0.5) is 5.82 Å². The van der Waals surface area contributed by atoms with Crippen molar-refractivity contribution in [3.63, 3.8) is 0 Å². The van der Waals surface area contributed by atoms with Gasteiger partial charge < -0.3 is 10.2 Å². The van der Waals surface area contributed by atoms with E-state index in [-0.39, 0.29) is 0 Å². The lowest BCUT2D eigenvalue weighted by Crippen LogP contribution is -2.35. The zero-order valence-corrected chi connectivity index (χ0v) is 14.1. The molecular formula is C17H31N3. The minimum atomic E-state index is 0.527. The molecule has 0 aliphatic rings. The Morgan fingerprint density at radius 1 is 1.25 bits per heavy atom. The minimum Gasteiger partial charge on any atom is -0.354 e. The lowest BCUT2D eigenvalue weighted by Gasteiger charge is -2.31. The zero-order chi connectivity index (χ0) is 15.1. The van der Waals surface area contributed by atoms with Gasteiger partial charge in [0.1, 0.15) is 5.82 Å². The van der Waals surface area contributed by atoms with E-state index in [1.165, 1.54) is 16.9 Å². The van der Waals surface area contributed by atoms with Gasteiger partial charge in [-0.25, -0.2) is 4.98 Å². The molecule has 1 atom stereocenters. The SMILES string of the molecule is CCCNCc1c(C)cc(C)nc1N(CC)C(C)CC. The highest BCUT2D eigenvalue weighted by Gasteiger charge is 2.18. The van der Waals surface area contributed by atoms with Crippen molar-refractivity contribution in [1.29, 1.82) is 0 Å². The van der Waals surface area contributed by atoms with Crippen molar-refractivity contribution in [1.82, 2.24) is 10.3 Å². The Morgan fingerprint density at radius 2 is 1.95 bits per heavy atom. The predicted molar refractivity (Wildman–Crippen MR) is 88.5 cm³/mol. The van der Waals surface area contributed by atoms with Crippen LogP contribution in [0.25, 0.3) is 0 Å². The first-order valence-corrected chi connectivity index (χ1v) is 7.99. The molecule has 1 aromatic rings. The second kappa shape index (κ2) is 8.25. The highest BCUT2D eigenvalue weighted by Crippen LogP contribution is 2.25. The van der Waals surface area contributed by atoms with Crippen LogP contribution >= 0.6 is 0 Å². The van der Waals surface area contributed by atoms with Gasteiger partial charge in [0.05, 0.1) is 0 Å². The van der Waals surface area contributed by atoms with Gasteiger partial charge in [0.15, 0.2) is 0 Å². The van der Waals surface area contributed by atoms with Crippen molar-refractivity contribution in [2.75, 3.05) is 18.0 Å². The van der Waals surface area contributed by atoms with Crippen LogP contribution in [-0.4, -0.2) is 24.1 Å². The fourth-order valence-corrected chi connectivity index (χ4v) is 2.58. The van der Waals surface area contributed by atoms with Crippen molar-refractivity contribution < 1.29 is 0 Å². The molecule has 0 saturated heterocycles. The Kier molecular flexibility index (Phi) is 7.00. The number of nitrogens with zero attached hydrogens (tertiary/aromatic N) is 2. The molecule has 1 rings (SSSR count). The number of rotatable bonds is 8. The van der Waals surface area contributed by atoms with Gasteiger partial charge in [0.2, 0.25) is 0 Å². The fourth-order valence-electron chi connectivity index (χ4n) is 2.58. The lowest BCUT2D eigenvalue weighted by atomic mass is 10.1. The minimum absolute atomic E-state index is 0.527. The summed E-state index contributed by atoms with van der Waals surface area (Å²) in [6.45, 7) is 16.2. The van der Waals surface area contributed by atoms with Crippen molar-refractivity contribution in [2.45, 2.75) is 67.0 Å². The van der Waals surface area contributed by atoms with Crippen LogP contribution < -0.4 is 10.2 Å². The summed E-state index contributed by atoms with van der Waals surface area (Å²) in [6, 6.07) is 2.72. The predicted octanol–water partition coefficient (Wildman–Crippen LogP) is 3.82. The van der Waals surface area contributed by atoms with Crippen LogP contribution in [0.15, 0.2) is 6.07 Å². The van der Waals surface area contributed by atoms with Crippen LogP contribution in [0.2, 0.25) is 0 Å². The van der Waals surface area contributed by atoms with Crippen molar-refractivity contribution in [2.24, 2.45) is 0 Å². The zero-order valence-electron chi connectivity index (χ0n) is 14.1. The molecule has 1 N–H and O–H groups in total. The van der Waals surface area contributed by atoms with E-state index in [4.69, 9.17) is 4.98 Å². The highest BCUT2D eigenvalue weighted by molar-refractivity contribution is 5.52. The van der Waals surface area contributed by atoms with E-state index in [0.29, 0.717) is 6.04 Å². The first-order valence-electron chi connectivity index (χ1n) is 7.99. The van der Waals surface area contributed by atoms with Gasteiger partial charge >= 0.3 is 0 Å². The Labute approximate surface area is 124 Å². The smallest absolute Gasteiger partial charge is 0.133 e. The van der Waals surface area contributed by atoms with Crippen molar-refractivity contribution in [3.05, 3.63) is 22.9 Å². The van der Waals surface area contributed by atoms with Gasteiger partial charge in [-0.1, -0.05) is 13.8 Å². The first-order chi connectivity index (χ1) is 9.54. The molecule has 0 amide bonds. The molecule has 1 unspecified atom stereocenters. The van der Waals surface area contributed by atoms with Gasteiger partial charge in [-0.15, -0.1) is 0 Å². The van der Waals surface area contributed by atoms with Crippen LogP contribution in [-0.2, 0) is 6.54 Å². The fraction of sp³-hybridized carbons (Fsp3) is 0.706. The maximum atomic E-state index is 4.84. The van der Waals surface area contributed by atoms with Crippen LogP contribution in [0, 0.1) is 13.8 Å². The topological polar surface area (TPSA) is 28.2 Å². The van der Waals surface area contributed by atoms with Gasteiger partial charge in [-0.05, 0) is 58.7 Å². The third-order valence-corrected chi connectivity index (χ3v) is 3.92. The van der Waals surface area contributed by atoms with Gasteiger partial charge in [-0.3, -0.25) is 0 Å². The van der Waals surface area contributed by atoms with Crippen LogP contribution in [0.3, 0.4) is 0 Å². The molecule has 3 heteroatoms. The van der Waals surface area contributed by atoms with Crippen molar-refractivity contribution in [3.8, 4) is 0 Å². The summed E-state index contributed by atoms with van der Waals surface area (Å²) in [5, 5.41) is 3.52. The number of hydrogen-bond donors (Lipinski definition) is 1. The summed E-state index contributed by atoms with van der Waals surface area (Å²) in [5.41, 5.74) is 3.81. The monoisotopic (exact) mass is 277 g/mol. The second-order valence-corrected chi connectivity index (χ2v) is 5.60. The molecule has 1 aromatic heterocycles. The summed E-state index contributed by atoms with van der Waals surface area (Å²) < 4.78 is 0. The Hall–Kier alpha value is -1.09. The number of pyridine rings is 1. The molecule has 0 bridgehead atoms. The average Bonchev–Trinajstić information content (AvgIpc) is 2.42.